The van der Waals surface area contributed by atoms with Gasteiger partial charge >= 0.3 is 17.9 Å². The lowest BCUT2D eigenvalue weighted by molar-refractivity contribution is -0.141. The highest BCUT2D eigenvalue weighted by atomic mass is 31.2. The molecule has 0 aliphatic heterocycles. The van der Waals surface area contributed by atoms with E-state index in [0.717, 1.165) is 31.1 Å². The molecule has 0 aromatic heterocycles. The van der Waals surface area contributed by atoms with Crippen molar-refractivity contribution in [2.24, 2.45) is 0 Å². The number of carbonyl (C=O) groups is 3. The molecule has 0 rings (SSSR count). The molecule has 0 aromatic rings. The van der Waals surface area contributed by atoms with Crippen LogP contribution in [0.25, 0.3) is 0 Å². The van der Waals surface area contributed by atoms with Gasteiger partial charge < -0.3 is 14.2 Å². The molecule has 0 aliphatic rings. The van der Waals surface area contributed by atoms with Gasteiger partial charge in [-0.1, -0.05) is 122 Å². The third kappa shape index (κ3) is 28.7. The van der Waals surface area contributed by atoms with E-state index in [2.05, 4.69) is 6.92 Å². The van der Waals surface area contributed by atoms with Gasteiger partial charge in [0.1, 0.15) is 19.8 Å². The van der Waals surface area contributed by atoms with E-state index >= 15 is 0 Å². The highest BCUT2D eigenvalue weighted by Gasteiger charge is 2.37. The van der Waals surface area contributed by atoms with Crippen LogP contribution in [0.3, 0.4) is 0 Å². The lowest BCUT2D eigenvalue weighted by Gasteiger charge is -2.27. The van der Waals surface area contributed by atoms with Crippen LogP contribution in [0.4, 0.5) is 0 Å². The average Bonchev–Trinajstić information content (AvgIpc) is 2.91. The first-order valence-corrected chi connectivity index (χ1v) is 19.6. The molecule has 0 saturated carbocycles. The van der Waals surface area contributed by atoms with Gasteiger partial charge in [-0.2, -0.15) is 0 Å². The third-order valence-corrected chi connectivity index (χ3v) is 12.8. The Morgan fingerprint density at radius 3 is 0.878 bits per heavy atom. The van der Waals surface area contributed by atoms with Crippen molar-refractivity contribution < 1.29 is 28.6 Å². The predicted molar refractivity (Wildman–Crippen MR) is 174 cm³/mol. The molecule has 41 heavy (non-hydrogen) atoms. The summed E-state index contributed by atoms with van der Waals surface area (Å²) in [6.07, 6.45) is 30.7. The van der Waals surface area contributed by atoms with Crippen molar-refractivity contribution >= 4 is 25.2 Å². The Morgan fingerprint density at radius 1 is 0.390 bits per heavy atom. The Hall–Kier alpha value is -1.16. The zero-order chi connectivity index (χ0) is 30.4. The van der Waals surface area contributed by atoms with E-state index in [4.69, 9.17) is 14.2 Å². The highest BCUT2D eigenvalue weighted by molar-refractivity contribution is 7.76. The van der Waals surface area contributed by atoms with Gasteiger partial charge in [-0.05, 0) is 12.8 Å². The van der Waals surface area contributed by atoms with E-state index < -0.39 is 7.26 Å². The fourth-order valence-electron chi connectivity index (χ4n) is 5.52. The molecule has 7 heteroatoms. The molecule has 0 aliphatic carbocycles. The minimum atomic E-state index is -1.59. The summed E-state index contributed by atoms with van der Waals surface area (Å²) in [7, 11) is -1.59. The molecular weight excluding hydrogens is 535 g/mol. The zero-order valence-corrected chi connectivity index (χ0v) is 28.4. The first-order valence-electron chi connectivity index (χ1n) is 17.1. The Kier molecular flexibility index (Phi) is 28.1. The first kappa shape index (κ1) is 39.8. The van der Waals surface area contributed by atoms with E-state index in [-0.39, 0.29) is 17.9 Å². The Bertz CT molecular complexity index is 588. The van der Waals surface area contributed by atoms with Gasteiger partial charge in [0, 0.05) is 28.0 Å². The van der Waals surface area contributed by atoms with Crippen molar-refractivity contribution in [3.8, 4) is 0 Å². The van der Waals surface area contributed by atoms with Crippen LogP contribution in [-0.4, -0.2) is 62.4 Å². The Morgan fingerprint density at radius 2 is 0.634 bits per heavy atom. The molecule has 0 radical (unpaired) electrons. The zero-order valence-electron chi connectivity index (χ0n) is 27.5. The molecule has 0 amide bonds. The Labute approximate surface area is 254 Å². The van der Waals surface area contributed by atoms with E-state index in [1.54, 1.807) is 0 Å². The van der Waals surface area contributed by atoms with Crippen molar-refractivity contribution in [1.82, 2.24) is 0 Å². The number of hydrogen-bond donors (Lipinski definition) is 0. The maximum Gasteiger partial charge on any atom is 0.302 e. The summed E-state index contributed by atoms with van der Waals surface area (Å²) in [5.41, 5.74) is 0. The molecule has 0 atom stereocenters. The molecule has 0 spiro atoms. The number of carbonyl (C=O) groups excluding carboxylic acids is 3. The van der Waals surface area contributed by atoms with Crippen molar-refractivity contribution in [1.29, 1.82) is 0 Å². The molecule has 0 aromatic carbocycles. The summed E-state index contributed by atoms with van der Waals surface area (Å²) in [6.45, 7) is 7.70. The molecular formula is C34H66O6P+. The maximum absolute atomic E-state index is 11.3. The molecule has 0 saturated heterocycles. The van der Waals surface area contributed by atoms with Crippen molar-refractivity contribution in [3.63, 3.8) is 0 Å². The standard InChI is InChI=1S/C34H66O6P/c1-5-6-7-8-9-10-11-12-13-14-15-16-17-18-19-20-21-22-23-24-28-41(29-25-38-32(2)35,30-26-39-33(3)36)31-27-40-34(4)37/h5-31H2,1-4H3/q+1. The fourth-order valence-corrected chi connectivity index (χ4v) is 9.19. The second-order valence-corrected chi connectivity index (χ2v) is 16.4. The molecule has 0 heterocycles. The van der Waals surface area contributed by atoms with Gasteiger partial charge in [-0.3, -0.25) is 14.4 Å². The monoisotopic (exact) mass is 601 g/mol. The molecule has 6 nitrogen and oxygen atoms in total. The predicted octanol–water partition coefficient (Wildman–Crippen LogP) is 9.52. The number of rotatable bonds is 30. The van der Waals surface area contributed by atoms with Gasteiger partial charge in [0.2, 0.25) is 0 Å². The summed E-state index contributed by atoms with van der Waals surface area (Å²) < 4.78 is 15.8. The fraction of sp³-hybridized carbons (Fsp3) is 0.912. The van der Waals surface area contributed by atoms with Crippen LogP contribution < -0.4 is 0 Å². The van der Waals surface area contributed by atoms with Crippen LogP contribution in [-0.2, 0) is 28.6 Å². The number of unbranched alkanes of at least 4 members (excludes halogenated alkanes) is 19. The smallest absolute Gasteiger partial charge is 0.302 e. The molecule has 0 bridgehead atoms. The van der Waals surface area contributed by atoms with E-state index in [1.165, 1.54) is 143 Å². The third-order valence-electron chi connectivity index (χ3n) is 8.10. The topological polar surface area (TPSA) is 78.9 Å². The molecule has 0 unspecified atom stereocenters. The summed E-state index contributed by atoms with van der Waals surface area (Å²) in [5.74, 6) is -0.828. The van der Waals surface area contributed by atoms with Crippen LogP contribution in [0, 0.1) is 0 Å². The van der Waals surface area contributed by atoms with Gasteiger partial charge in [0.25, 0.3) is 0 Å². The van der Waals surface area contributed by atoms with Crippen molar-refractivity contribution in [2.75, 3.05) is 44.5 Å². The number of hydrogen-bond acceptors (Lipinski definition) is 6. The lowest BCUT2D eigenvalue weighted by atomic mass is 10.0. The summed E-state index contributed by atoms with van der Waals surface area (Å²) >= 11 is 0. The van der Waals surface area contributed by atoms with Gasteiger partial charge in [-0.25, -0.2) is 0 Å². The largest absolute Gasteiger partial charge is 0.462 e. The molecule has 0 N–H and O–H groups in total. The lowest BCUT2D eigenvalue weighted by Crippen LogP contribution is -2.22. The first-order chi connectivity index (χ1) is 19.8. The van der Waals surface area contributed by atoms with E-state index in [9.17, 15) is 14.4 Å². The summed E-state index contributed by atoms with van der Waals surface area (Å²) in [6, 6.07) is 0. The highest BCUT2D eigenvalue weighted by Crippen LogP contribution is 2.59. The SMILES string of the molecule is CCCCCCCCCCCCCCCCCCCCCC[P+](CCOC(C)=O)(CCOC(C)=O)CCOC(C)=O. The van der Waals surface area contributed by atoms with Crippen LogP contribution in [0.2, 0.25) is 0 Å². The normalized spacial score (nSPS) is 11.4. The number of ether oxygens (including phenoxy) is 3. The second-order valence-electron chi connectivity index (χ2n) is 12.0. The van der Waals surface area contributed by atoms with Crippen LogP contribution in [0.5, 0.6) is 0 Å². The Balaban J connectivity index is 4.03. The summed E-state index contributed by atoms with van der Waals surface area (Å²) in [4.78, 5) is 34.0. The van der Waals surface area contributed by atoms with Crippen LogP contribution in [0.15, 0.2) is 0 Å². The van der Waals surface area contributed by atoms with E-state index in [0.29, 0.717) is 19.8 Å². The van der Waals surface area contributed by atoms with Gasteiger partial charge in [0.05, 0.1) is 24.6 Å². The van der Waals surface area contributed by atoms with Crippen molar-refractivity contribution in [3.05, 3.63) is 0 Å². The van der Waals surface area contributed by atoms with Crippen molar-refractivity contribution in [2.45, 2.75) is 156 Å². The minimum Gasteiger partial charge on any atom is -0.462 e. The van der Waals surface area contributed by atoms with Crippen LogP contribution in [0.1, 0.15) is 156 Å². The second kappa shape index (κ2) is 28.9. The van der Waals surface area contributed by atoms with Crippen LogP contribution >= 0.6 is 7.26 Å². The quantitative estimate of drug-likeness (QED) is 0.0353. The molecule has 242 valence electrons. The molecule has 0 fully saturated rings. The minimum absolute atomic E-state index is 0.276. The maximum atomic E-state index is 11.3. The van der Waals surface area contributed by atoms with Gasteiger partial charge in [-0.15, -0.1) is 0 Å². The van der Waals surface area contributed by atoms with Gasteiger partial charge in [0.15, 0.2) is 0 Å². The van der Waals surface area contributed by atoms with E-state index in [1.807, 2.05) is 0 Å². The number of esters is 3. The average molecular weight is 602 g/mol. The summed E-state index contributed by atoms with van der Waals surface area (Å²) in [5, 5.41) is 0.